The van der Waals surface area contributed by atoms with E-state index in [0.717, 1.165) is 6.42 Å². The molecule has 21 heavy (non-hydrogen) atoms. The molecule has 0 spiro atoms. The van der Waals surface area contributed by atoms with E-state index in [1.807, 2.05) is 6.92 Å². The molecule has 1 fully saturated rings. The fraction of sp³-hybridized carbons (Fsp3) is 0.692. The molecule has 8 heteroatoms. The van der Waals surface area contributed by atoms with Crippen LogP contribution >= 0.6 is 11.8 Å². The maximum atomic E-state index is 11.9. The van der Waals surface area contributed by atoms with Crippen LogP contribution in [0.4, 0.5) is 0 Å². The van der Waals surface area contributed by atoms with Gasteiger partial charge < -0.3 is 20.1 Å². The maximum Gasteiger partial charge on any atom is 0.276 e. The molecule has 1 saturated heterocycles. The third kappa shape index (κ3) is 3.14. The van der Waals surface area contributed by atoms with Crippen LogP contribution in [-0.4, -0.2) is 56.0 Å². The Morgan fingerprint density at radius 3 is 2.67 bits per heavy atom. The van der Waals surface area contributed by atoms with E-state index in [0.29, 0.717) is 17.1 Å². The first kappa shape index (κ1) is 16.4. The molecule has 0 radical (unpaired) electrons. The number of hydrogen-bond acceptors (Lipinski definition) is 7. The van der Waals surface area contributed by atoms with Crippen molar-refractivity contribution in [2.75, 3.05) is 12.9 Å². The summed E-state index contributed by atoms with van der Waals surface area (Å²) in [6.45, 7) is 1.57. The van der Waals surface area contributed by atoms with Crippen LogP contribution in [0.2, 0.25) is 0 Å². The van der Waals surface area contributed by atoms with Crippen molar-refractivity contribution < 1.29 is 20.1 Å². The van der Waals surface area contributed by atoms with E-state index in [4.69, 9.17) is 9.84 Å². The zero-order chi connectivity index (χ0) is 15.6. The van der Waals surface area contributed by atoms with Crippen LogP contribution in [0, 0.1) is 0 Å². The lowest BCUT2D eigenvalue weighted by molar-refractivity contribution is -0.0578. The number of aryl methyl sites for hydroxylation is 1. The van der Waals surface area contributed by atoms with E-state index in [2.05, 4.69) is 4.98 Å². The quantitative estimate of drug-likeness (QED) is 0.498. The molecule has 1 aliphatic heterocycles. The van der Waals surface area contributed by atoms with Gasteiger partial charge in [-0.05, 0) is 12.7 Å². The van der Waals surface area contributed by atoms with Gasteiger partial charge in [0.2, 0.25) is 0 Å². The first-order valence-corrected chi connectivity index (χ1v) is 8.04. The van der Waals surface area contributed by atoms with Crippen molar-refractivity contribution in [2.24, 2.45) is 0 Å². The van der Waals surface area contributed by atoms with Gasteiger partial charge in [-0.15, -0.1) is 0 Å². The van der Waals surface area contributed by atoms with E-state index < -0.39 is 31.1 Å². The molecule has 7 nitrogen and oxygen atoms in total. The summed E-state index contributed by atoms with van der Waals surface area (Å²) in [6, 6.07) is 0. The van der Waals surface area contributed by atoms with Gasteiger partial charge in [0.1, 0.15) is 18.3 Å². The zero-order valence-electron chi connectivity index (χ0n) is 12.0. The predicted molar refractivity (Wildman–Crippen MR) is 77.3 cm³/mol. The van der Waals surface area contributed by atoms with Gasteiger partial charge in [-0.25, -0.2) is 0 Å². The van der Waals surface area contributed by atoms with E-state index in [1.165, 1.54) is 11.8 Å². The number of aromatic nitrogens is 2. The highest BCUT2D eigenvalue weighted by atomic mass is 32.2. The van der Waals surface area contributed by atoms with Gasteiger partial charge in [0.05, 0.1) is 6.61 Å². The van der Waals surface area contributed by atoms with Gasteiger partial charge in [0.15, 0.2) is 11.4 Å². The summed E-state index contributed by atoms with van der Waals surface area (Å²) < 4.78 is 7.05. The van der Waals surface area contributed by atoms with Gasteiger partial charge >= 0.3 is 0 Å². The third-order valence-electron chi connectivity index (χ3n) is 3.48. The number of hydrogen-bond donors (Lipinski definition) is 3. The Kier molecular flexibility index (Phi) is 5.39. The number of aliphatic hydroxyl groups is 3. The summed E-state index contributed by atoms with van der Waals surface area (Å²) in [5.41, 5.74) is 0.247. The van der Waals surface area contributed by atoms with E-state index in [1.54, 1.807) is 17.0 Å². The molecular weight excluding hydrogens is 296 g/mol. The van der Waals surface area contributed by atoms with Crippen molar-refractivity contribution >= 4 is 11.8 Å². The van der Waals surface area contributed by atoms with Crippen molar-refractivity contribution in [1.82, 2.24) is 9.55 Å². The lowest BCUT2D eigenvalue weighted by Gasteiger charge is -2.21. The van der Waals surface area contributed by atoms with Gasteiger partial charge in [-0.1, -0.05) is 25.1 Å². The average Bonchev–Trinajstić information content (AvgIpc) is 2.77. The van der Waals surface area contributed by atoms with Crippen LogP contribution in [-0.2, 0) is 11.2 Å². The Hall–Kier alpha value is -0.930. The molecule has 2 rings (SSSR count). The molecule has 0 amide bonds. The third-order valence-corrected chi connectivity index (χ3v) is 4.15. The Labute approximate surface area is 126 Å². The second-order valence-corrected chi connectivity index (χ2v) is 5.72. The lowest BCUT2D eigenvalue weighted by atomic mass is 10.1. The first-order chi connectivity index (χ1) is 10.0. The second-order valence-electron chi connectivity index (χ2n) is 4.94. The number of ether oxygens (including phenoxy) is 1. The molecule has 0 aliphatic carbocycles. The molecule has 1 aliphatic rings. The molecule has 4 atom stereocenters. The Morgan fingerprint density at radius 1 is 1.43 bits per heavy atom. The molecule has 1 aromatic heterocycles. The van der Waals surface area contributed by atoms with E-state index in [-0.39, 0.29) is 5.56 Å². The smallest absolute Gasteiger partial charge is 0.276 e. The minimum absolute atomic E-state index is 0.288. The average molecular weight is 316 g/mol. The van der Waals surface area contributed by atoms with Gasteiger partial charge in [-0.3, -0.25) is 9.36 Å². The van der Waals surface area contributed by atoms with Crippen LogP contribution < -0.4 is 5.56 Å². The zero-order valence-corrected chi connectivity index (χ0v) is 12.8. The summed E-state index contributed by atoms with van der Waals surface area (Å²) >= 11 is 1.25. The van der Waals surface area contributed by atoms with Crippen LogP contribution in [0.15, 0.2) is 16.1 Å². The predicted octanol–water partition coefficient (Wildman–Crippen LogP) is -0.471. The number of aliphatic hydroxyl groups excluding tert-OH is 3. The van der Waals surface area contributed by atoms with Gasteiger partial charge in [-0.2, -0.15) is 4.98 Å². The minimum atomic E-state index is -1.19. The molecule has 0 aromatic carbocycles. The number of thioether (sulfide) groups is 1. The minimum Gasteiger partial charge on any atom is -0.394 e. The maximum absolute atomic E-state index is 11.9. The fourth-order valence-electron chi connectivity index (χ4n) is 2.38. The molecule has 0 saturated carbocycles. The SMILES string of the molecule is CCCc1cn([C@@H]2O[C@H](CO)[C@@H](O)[C@H]2O)c(SC)nc1=O. The van der Waals surface area contributed by atoms with Gasteiger partial charge in [0, 0.05) is 11.8 Å². The monoisotopic (exact) mass is 316 g/mol. The van der Waals surface area contributed by atoms with Crippen LogP contribution in [0.3, 0.4) is 0 Å². The van der Waals surface area contributed by atoms with E-state index >= 15 is 0 Å². The van der Waals surface area contributed by atoms with Crippen molar-refractivity contribution in [1.29, 1.82) is 0 Å². The van der Waals surface area contributed by atoms with Crippen molar-refractivity contribution in [3.8, 4) is 0 Å². The van der Waals surface area contributed by atoms with Crippen molar-refractivity contribution in [3.63, 3.8) is 0 Å². The topological polar surface area (TPSA) is 105 Å². The fourth-order valence-corrected chi connectivity index (χ4v) is 2.92. The highest BCUT2D eigenvalue weighted by molar-refractivity contribution is 7.98. The van der Waals surface area contributed by atoms with Crippen molar-refractivity contribution in [3.05, 3.63) is 22.1 Å². The molecule has 1 aromatic rings. The summed E-state index contributed by atoms with van der Waals surface area (Å²) in [6.07, 6.45) is 0.665. The molecule has 0 bridgehead atoms. The van der Waals surface area contributed by atoms with Crippen LogP contribution in [0.1, 0.15) is 25.1 Å². The summed E-state index contributed by atoms with van der Waals surface area (Å²) in [5, 5.41) is 29.5. The highest BCUT2D eigenvalue weighted by Crippen LogP contribution is 2.31. The van der Waals surface area contributed by atoms with Crippen molar-refractivity contribution in [2.45, 2.75) is 49.5 Å². The molecule has 0 unspecified atom stereocenters. The van der Waals surface area contributed by atoms with Crippen LogP contribution in [0.25, 0.3) is 0 Å². The highest BCUT2D eigenvalue weighted by Gasteiger charge is 2.43. The normalized spacial score (nSPS) is 29.0. The summed E-state index contributed by atoms with van der Waals surface area (Å²) in [5.74, 6) is 0. The Balaban J connectivity index is 2.42. The largest absolute Gasteiger partial charge is 0.394 e. The summed E-state index contributed by atoms with van der Waals surface area (Å²) in [7, 11) is 0. The molecular formula is C13H20N2O5S. The van der Waals surface area contributed by atoms with Gasteiger partial charge in [0.25, 0.3) is 5.56 Å². The second kappa shape index (κ2) is 6.89. The summed E-state index contributed by atoms with van der Waals surface area (Å²) in [4.78, 5) is 15.9. The van der Waals surface area contributed by atoms with Crippen LogP contribution in [0.5, 0.6) is 0 Å². The standard InChI is InChI=1S/C13H20N2O5S/c1-3-4-7-5-15(13(21-2)14-11(7)19)12-10(18)9(17)8(6-16)20-12/h5,8-10,12,16-18H,3-4,6H2,1-2H3/t8-,9-,10-,12-/m1/s1. The first-order valence-electron chi connectivity index (χ1n) is 6.82. The molecule has 118 valence electrons. The number of nitrogens with zero attached hydrogens (tertiary/aromatic N) is 2. The Bertz CT molecular complexity index is 550. The Morgan fingerprint density at radius 2 is 2.14 bits per heavy atom. The van der Waals surface area contributed by atoms with E-state index in [9.17, 15) is 15.0 Å². The molecule has 2 heterocycles. The lowest BCUT2D eigenvalue weighted by Crippen LogP contribution is -2.33. The number of rotatable bonds is 5. The molecule has 3 N–H and O–H groups in total.